The Morgan fingerprint density at radius 2 is 1.95 bits per heavy atom. The highest BCUT2D eigenvalue weighted by Gasteiger charge is 2.39. The summed E-state index contributed by atoms with van der Waals surface area (Å²) in [5, 5.41) is 0. The number of ether oxygens (including phenoxy) is 2. The lowest BCUT2D eigenvalue weighted by Gasteiger charge is -2.43. The Hall–Kier alpha value is -0.410. The SMILES string of the molecule is C=CCN(CC=C)S(O)(O)OC1C(C)OCCC1OC. The van der Waals surface area contributed by atoms with Gasteiger partial charge in [-0.2, -0.15) is 4.31 Å². The van der Waals surface area contributed by atoms with Gasteiger partial charge in [-0.05, 0) is 13.3 Å². The molecule has 0 aromatic heterocycles. The molecule has 0 radical (unpaired) electrons. The fourth-order valence-electron chi connectivity index (χ4n) is 2.09. The van der Waals surface area contributed by atoms with Gasteiger partial charge in [-0.25, -0.2) is 0 Å². The summed E-state index contributed by atoms with van der Waals surface area (Å²) in [4.78, 5) is 0. The average molecular weight is 307 g/mol. The molecule has 1 aliphatic heterocycles. The van der Waals surface area contributed by atoms with E-state index in [1.807, 2.05) is 6.92 Å². The minimum absolute atomic E-state index is 0.223. The molecular formula is C13H25NO5S. The first-order valence-electron chi connectivity index (χ1n) is 6.54. The van der Waals surface area contributed by atoms with Gasteiger partial charge in [-0.15, -0.1) is 13.2 Å². The molecule has 7 heteroatoms. The molecule has 118 valence electrons. The maximum atomic E-state index is 10.3. The van der Waals surface area contributed by atoms with Crippen LogP contribution in [0, 0.1) is 0 Å². The normalized spacial score (nSPS) is 28.4. The predicted octanol–water partition coefficient (Wildman–Crippen LogP) is 2.45. The van der Waals surface area contributed by atoms with Crippen molar-refractivity contribution in [2.45, 2.75) is 31.7 Å². The van der Waals surface area contributed by atoms with Crippen molar-refractivity contribution in [2.24, 2.45) is 0 Å². The van der Waals surface area contributed by atoms with Crippen LogP contribution < -0.4 is 0 Å². The molecule has 0 aromatic carbocycles. The van der Waals surface area contributed by atoms with E-state index < -0.39 is 17.2 Å². The van der Waals surface area contributed by atoms with Crippen LogP contribution in [0.1, 0.15) is 13.3 Å². The van der Waals surface area contributed by atoms with E-state index in [4.69, 9.17) is 13.7 Å². The second-order valence-corrected chi connectivity index (χ2v) is 6.24. The Labute approximate surface area is 122 Å². The molecule has 0 amide bonds. The van der Waals surface area contributed by atoms with Gasteiger partial charge in [-0.1, -0.05) is 12.2 Å². The maximum absolute atomic E-state index is 10.3. The Kier molecular flexibility index (Phi) is 7.18. The smallest absolute Gasteiger partial charge is 0.158 e. The summed E-state index contributed by atoms with van der Waals surface area (Å²) >= 11 is -3.39. The topological polar surface area (TPSA) is 71.4 Å². The molecule has 0 aromatic rings. The zero-order chi connectivity index (χ0) is 15.2. The van der Waals surface area contributed by atoms with E-state index in [0.29, 0.717) is 13.0 Å². The standard InChI is InChI=1S/C13H25NO5S/c1-5-8-14(9-6-2)20(15,16)19-13-11(3)18-10-7-12(13)17-4/h5-6,11-13,15-16H,1-2,7-10H2,3-4H3. The van der Waals surface area contributed by atoms with Crippen molar-refractivity contribution >= 4 is 11.1 Å². The summed E-state index contributed by atoms with van der Waals surface area (Å²) in [6.07, 6.45) is 2.79. The number of rotatable bonds is 8. The van der Waals surface area contributed by atoms with Gasteiger partial charge in [0.05, 0.1) is 12.2 Å². The van der Waals surface area contributed by atoms with Gasteiger partial charge < -0.3 is 9.47 Å². The van der Waals surface area contributed by atoms with E-state index in [1.165, 1.54) is 4.31 Å². The van der Waals surface area contributed by atoms with Crippen LogP contribution in [0.25, 0.3) is 0 Å². The quantitative estimate of drug-likeness (QED) is 0.671. The van der Waals surface area contributed by atoms with Crippen molar-refractivity contribution in [3.05, 3.63) is 25.3 Å². The highest BCUT2D eigenvalue weighted by molar-refractivity contribution is 8.18. The molecule has 0 aliphatic carbocycles. The maximum Gasteiger partial charge on any atom is 0.158 e. The highest BCUT2D eigenvalue weighted by atomic mass is 32.3. The third-order valence-electron chi connectivity index (χ3n) is 3.16. The Morgan fingerprint density at radius 3 is 2.45 bits per heavy atom. The molecular weight excluding hydrogens is 282 g/mol. The number of hydrogen-bond donors (Lipinski definition) is 2. The summed E-state index contributed by atoms with van der Waals surface area (Å²) < 4.78 is 38.3. The molecule has 1 rings (SSSR count). The zero-order valence-corrected chi connectivity index (χ0v) is 12.9. The van der Waals surface area contributed by atoms with Crippen molar-refractivity contribution in [3.63, 3.8) is 0 Å². The second kappa shape index (κ2) is 8.14. The van der Waals surface area contributed by atoms with Gasteiger partial charge in [0.2, 0.25) is 0 Å². The van der Waals surface area contributed by atoms with Crippen molar-refractivity contribution in [2.75, 3.05) is 26.8 Å². The van der Waals surface area contributed by atoms with Gasteiger partial charge in [0.1, 0.15) is 6.10 Å². The summed E-state index contributed by atoms with van der Waals surface area (Å²) in [6, 6.07) is 0. The summed E-state index contributed by atoms with van der Waals surface area (Å²) in [6.45, 7) is 10.2. The van der Waals surface area contributed by atoms with Crippen LogP contribution in [0.3, 0.4) is 0 Å². The van der Waals surface area contributed by atoms with Crippen LogP contribution >= 0.6 is 11.1 Å². The molecule has 0 spiro atoms. The van der Waals surface area contributed by atoms with Crippen molar-refractivity contribution in [1.82, 2.24) is 4.31 Å². The Balaban J connectivity index is 2.79. The predicted molar refractivity (Wildman–Crippen MR) is 80.5 cm³/mol. The summed E-state index contributed by atoms with van der Waals surface area (Å²) in [5.41, 5.74) is 0. The molecule has 1 saturated heterocycles. The second-order valence-electron chi connectivity index (χ2n) is 4.59. The van der Waals surface area contributed by atoms with E-state index in [2.05, 4.69) is 13.2 Å². The van der Waals surface area contributed by atoms with Gasteiger partial charge in [0.15, 0.2) is 11.1 Å². The molecule has 0 bridgehead atoms. The third-order valence-corrected chi connectivity index (χ3v) is 4.61. The van der Waals surface area contributed by atoms with Gasteiger partial charge in [0, 0.05) is 26.8 Å². The molecule has 2 N–H and O–H groups in total. The highest BCUT2D eigenvalue weighted by Crippen LogP contribution is 2.47. The monoisotopic (exact) mass is 307 g/mol. The molecule has 6 nitrogen and oxygen atoms in total. The average Bonchev–Trinajstić information content (AvgIpc) is 2.40. The minimum atomic E-state index is -3.39. The van der Waals surface area contributed by atoms with E-state index >= 15 is 0 Å². The minimum Gasteiger partial charge on any atom is -0.379 e. The first kappa shape index (κ1) is 17.6. The third kappa shape index (κ3) is 4.56. The molecule has 3 unspecified atom stereocenters. The van der Waals surface area contributed by atoms with E-state index in [9.17, 15) is 9.11 Å². The van der Waals surface area contributed by atoms with E-state index in [0.717, 1.165) is 0 Å². The molecule has 20 heavy (non-hydrogen) atoms. The van der Waals surface area contributed by atoms with Crippen LogP contribution in [0.2, 0.25) is 0 Å². The van der Waals surface area contributed by atoms with Gasteiger partial charge >= 0.3 is 0 Å². The van der Waals surface area contributed by atoms with Crippen molar-refractivity contribution in [3.8, 4) is 0 Å². The number of nitrogens with zero attached hydrogens (tertiary/aromatic N) is 1. The summed E-state index contributed by atoms with van der Waals surface area (Å²) in [7, 11) is 1.58. The zero-order valence-electron chi connectivity index (χ0n) is 12.1. The Bertz CT molecular complexity index is 316. The molecule has 3 atom stereocenters. The van der Waals surface area contributed by atoms with E-state index in [-0.39, 0.29) is 25.3 Å². The lowest BCUT2D eigenvalue weighted by Crippen LogP contribution is -2.47. The largest absolute Gasteiger partial charge is 0.379 e. The van der Waals surface area contributed by atoms with Crippen LogP contribution in [0.15, 0.2) is 25.3 Å². The lowest BCUT2D eigenvalue weighted by atomic mass is 10.0. The number of methoxy groups -OCH3 is 1. The number of hydrogen-bond acceptors (Lipinski definition) is 6. The van der Waals surface area contributed by atoms with Gasteiger partial charge in [-0.3, -0.25) is 13.3 Å². The van der Waals surface area contributed by atoms with Crippen LogP contribution in [0.4, 0.5) is 0 Å². The first-order valence-corrected chi connectivity index (χ1v) is 7.96. The molecule has 1 fully saturated rings. The Morgan fingerprint density at radius 1 is 1.35 bits per heavy atom. The first-order chi connectivity index (χ1) is 9.46. The van der Waals surface area contributed by atoms with Crippen LogP contribution in [-0.4, -0.2) is 58.5 Å². The fourth-order valence-corrected chi connectivity index (χ4v) is 3.39. The van der Waals surface area contributed by atoms with Crippen LogP contribution in [-0.2, 0) is 13.7 Å². The lowest BCUT2D eigenvalue weighted by molar-refractivity contribution is -0.131. The van der Waals surface area contributed by atoms with Gasteiger partial charge in [0.25, 0.3) is 0 Å². The van der Waals surface area contributed by atoms with Crippen molar-refractivity contribution in [1.29, 1.82) is 0 Å². The van der Waals surface area contributed by atoms with Crippen LogP contribution in [0.5, 0.6) is 0 Å². The summed E-state index contributed by atoms with van der Waals surface area (Å²) in [5.74, 6) is 0. The molecule has 1 aliphatic rings. The molecule has 0 saturated carbocycles. The van der Waals surface area contributed by atoms with E-state index in [1.54, 1.807) is 19.3 Å². The molecule has 1 heterocycles. The fraction of sp³-hybridized carbons (Fsp3) is 0.692. The van der Waals surface area contributed by atoms with Crippen molar-refractivity contribution < 1.29 is 22.8 Å².